The first-order valence-electron chi connectivity index (χ1n) is 7.33. The van der Waals surface area contributed by atoms with Gasteiger partial charge in [-0.3, -0.25) is 0 Å². The predicted molar refractivity (Wildman–Crippen MR) is 85.1 cm³/mol. The van der Waals surface area contributed by atoms with Crippen LogP contribution >= 0.6 is 11.3 Å². The van der Waals surface area contributed by atoms with Gasteiger partial charge in [-0.1, -0.05) is 12.1 Å². The molecule has 0 bridgehead atoms. The first kappa shape index (κ1) is 14.5. The summed E-state index contributed by atoms with van der Waals surface area (Å²) in [5.74, 6) is 1.43. The molecular formula is C17H21NO2S. The maximum atomic E-state index is 10.3. The highest BCUT2D eigenvalue weighted by Crippen LogP contribution is 2.45. The van der Waals surface area contributed by atoms with Crippen LogP contribution in [0.15, 0.2) is 24.3 Å². The number of benzene rings is 1. The van der Waals surface area contributed by atoms with Gasteiger partial charge in [0.2, 0.25) is 0 Å². The zero-order valence-electron chi connectivity index (χ0n) is 12.7. The van der Waals surface area contributed by atoms with Gasteiger partial charge in [0.15, 0.2) is 0 Å². The molecule has 21 heavy (non-hydrogen) atoms. The third-order valence-corrected chi connectivity index (χ3v) is 5.12. The average Bonchev–Trinajstić information content (AvgIpc) is 3.20. The van der Waals surface area contributed by atoms with Crippen molar-refractivity contribution in [2.24, 2.45) is 0 Å². The van der Waals surface area contributed by atoms with E-state index >= 15 is 0 Å². The Morgan fingerprint density at radius 2 is 1.95 bits per heavy atom. The number of aromatic nitrogens is 1. The molecule has 0 radical (unpaired) electrons. The van der Waals surface area contributed by atoms with Gasteiger partial charge in [0.25, 0.3) is 0 Å². The summed E-state index contributed by atoms with van der Waals surface area (Å²) in [6.45, 7) is 3.70. The number of aliphatic hydroxyl groups is 1. The van der Waals surface area contributed by atoms with Crippen LogP contribution in [-0.4, -0.2) is 17.2 Å². The lowest BCUT2D eigenvalue weighted by Crippen LogP contribution is -2.15. The monoisotopic (exact) mass is 303 g/mol. The molecule has 1 aromatic heterocycles. The molecule has 0 atom stereocenters. The summed E-state index contributed by atoms with van der Waals surface area (Å²) in [4.78, 5) is 5.84. The van der Waals surface area contributed by atoms with E-state index in [4.69, 9.17) is 9.72 Å². The zero-order valence-corrected chi connectivity index (χ0v) is 13.5. The summed E-state index contributed by atoms with van der Waals surface area (Å²) in [7, 11) is 1.67. The second kappa shape index (κ2) is 5.43. The van der Waals surface area contributed by atoms with Gasteiger partial charge in [-0.2, -0.15) is 0 Å². The topological polar surface area (TPSA) is 42.4 Å². The Hall–Kier alpha value is -1.39. The van der Waals surface area contributed by atoms with E-state index in [0.717, 1.165) is 27.7 Å². The van der Waals surface area contributed by atoms with E-state index in [-0.39, 0.29) is 0 Å². The number of methoxy groups -OCH3 is 1. The molecule has 1 aliphatic rings. The van der Waals surface area contributed by atoms with E-state index in [9.17, 15) is 5.11 Å². The highest BCUT2D eigenvalue weighted by molar-refractivity contribution is 7.11. The van der Waals surface area contributed by atoms with Gasteiger partial charge in [0.1, 0.15) is 5.75 Å². The molecule has 0 spiro atoms. The van der Waals surface area contributed by atoms with Crippen molar-refractivity contribution < 1.29 is 9.84 Å². The number of hydrogen-bond donors (Lipinski definition) is 1. The molecule has 112 valence electrons. The Kier molecular flexibility index (Phi) is 3.76. The molecule has 1 heterocycles. The molecule has 4 heteroatoms. The summed E-state index contributed by atoms with van der Waals surface area (Å²) < 4.78 is 5.18. The van der Waals surface area contributed by atoms with Crippen molar-refractivity contribution in [3.05, 3.63) is 45.4 Å². The Labute approximate surface area is 129 Å². The fraction of sp³-hybridized carbons (Fsp3) is 0.471. The van der Waals surface area contributed by atoms with Crippen LogP contribution in [0.2, 0.25) is 0 Å². The normalized spacial score (nSPS) is 15.2. The van der Waals surface area contributed by atoms with Crippen molar-refractivity contribution in [1.82, 2.24) is 4.98 Å². The zero-order chi connectivity index (χ0) is 15.0. The lowest BCUT2D eigenvalue weighted by atomic mass is 10.0. The SMILES string of the molecule is COc1ccc(Cc2nc(C3CC3)c(C(C)(C)O)s2)cc1. The number of ether oxygens (including phenoxy) is 1. The molecule has 1 N–H and O–H groups in total. The van der Waals surface area contributed by atoms with Gasteiger partial charge in [-0.25, -0.2) is 4.98 Å². The molecule has 1 fully saturated rings. The maximum absolute atomic E-state index is 10.3. The van der Waals surface area contributed by atoms with Crippen LogP contribution in [0.1, 0.15) is 53.7 Å². The van der Waals surface area contributed by atoms with Crippen LogP contribution in [0.4, 0.5) is 0 Å². The molecule has 0 amide bonds. The number of nitrogens with zero attached hydrogens (tertiary/aromatic N) is 1. The number of hydrogen-bond acceptors (Lipinski definition) is 4. The summed E-state index contributed by atoms with van der Waals surface area (Å²) in [5, 5.41) is 11.4. The van der Waals surface area contributed by atoms with Gasteiger partial charge >= 0.3 is 0 Å². The molecule has 3 nitrogen and oxygen atoms in total. The van der Waals surface area contributed by atoms with E-state index in [1.54, 1.807) is 18.4 Å². The minimum absolute atomic E-state index is 0.562. The summed E-state index contributed by atoms with van der Waals surface area (Å²) in [5.41, 5.74) is 1.54. The van der Waals surface area contributed by atoms with Gasteiger partial charge in [-0.05, 0) is 44.4 Å². The summed E-state index contributed by atoms with van der Waals surface area (Å²) in [6, 6.07) is 8.09. The molecule has 1 aliphatic carbocycles. The predicted octanol–water partition coefficient (Wildman–Crippen LogP) is 3.85. The fourth-order valence-electron chi connectivity index (χ4n) is 2.44. The van der Waals surface area contributed by atoms with Gasteiger partial charge in [0, 0.05) is 12.3 Å². The minimum atomic E-state index is -0.798. The molecule has 1 aromatic carbocycles. The fourth-order valence-corrected chi connectivity index (χ4v) is 3.63. The van der Waals surface area contributed by atoms with Gasteiger partial charge in [-0.15, -0.1) is 11.3 Å². The first-order chi connectivity index (χ1) is 9.97. The highest BCUT2D eigenvalue weighted by atomic mass is 32.1. The summed E-state index contributed by atoms with van der Waals surface area (Å²) in [6.07, 6.45) is 3.22. The van der Waals surface area contributed by atoms with Crippen LogP contribution in [0, 0.1) is 0 Å². The van der Waals surface area contributed by atoms with Crippen molar-refractivity contribution in [2.75, 3.05) is 7.11 Å². The molecule has 0 unspecified atom stereocenters. The van der Waals surface area contributed by atoms with Crippen molar-refractivity contribution in [3.63, 3.8) is 0 Å². The third-order valence-electron chi connectivity index (χ3n) is 3.73. The largest absolute Gasteiger partial charge is 0.497 e. The van der Waals surface area contributed by atoms with Gasteiger partial charge < -0.3 is 9.84 Å². The van der Waals surface area contributed by atoms with Crippen LogP contribution < -0.4 is 4.74 Å². The molecule has 3 rings (SSSR count). The molecule has 2 aromatic rings. The second-order valence-electron chi connectivity index (χ2n) is 6.18. The van der Waals surface area contributed by atoms with Crippen molar-refractivity contribution in [2.45, 2.75) is 44.6 Å². The van der Waals surface area contributed by atoms with Crippen LogP contribution in [0.5, 0.6) is 5.75 Å². The lowest BCUT2D eigenvalue weighted by molar-refractivity contribution is 0.0813. The minimum Gasteiger partial charge on any atom is -0.497 e. The van der Waals surface area contributed by atoms with Crippen LogP contribution in [0.25, 0.3) is 0 Å². The van der Waals surface area contributed by atoms with E-state index in [2.05, 4.69) is 12.1 Å². The van der Waals surface area contributed by atoms with Crippen LogP contribution in [-0.2, 0) is 12.0 Å². The average molecular weight is 303 g/mol. The Morgan fingerprint density at radius 3 is 2.48 bits per heavy atom. The Bertz CT molecular complexity index is 621. The van der Waals surface area contributed by atoms with E-state index in [1.807, 2.05) is 26.0 Å². The third kappa shape index (κ3) is 3.27. The maximum Gasteiger partial charge on any atom is 0.118 e. The highest BCUT2D eigenvalue weighted by Gasteiger charge is 2.34. The molecular weight excluding hydrogens is 282 g/mol. The van der Waals surface area contributed by atoms with Crippen molar-refractivity contribution in [1.29, 1.82) is 0 Å². The molecule has 1 saturated carbocycles. The van der Waals surface area contributed by atoms with E-state index in [0.29, 0.717) is 5.92 Å². The lowest BCUT2D eigenvalue weighted by Gasteiger charge is -2.16. The van der Waals surface area contributed by atoms with Crippen molar-refractivity contribution >= 4 is 11.3 Å². The summed E-state index contributed by atoms with van der Waals surface area (Å²) >= 11 is 1.65. The van der Waals surface area contributed by atoms with E-state index in [1.165, 1.54) is 18.4 Å². The molecule has 0 saturated heterocycles. The standard InChI is InChI=1S/C17H21NO2S/c1-17(2,19)16-15(12-6-7-12)18-14(21-16)10-11-4-8-13(20-3)9-5-11/h4-5,8-9,12,19H,6-7,10H2,1-3H3. The Morgan fingerprint density at radius 1 is 1.29 bits per heavy atom. The van der Waals surface area contributed by atoms with E-state index < -0.39 is 5.60 Å². The van der Waals surface area contributed by atoms with Crippen LogP contribution in [0.3, 0.4) is 0 Å². The second-order valence-corrected chi connectivity index (χ2v) is 7.26. The number of thiazole rings is 1. The van der Waals surface area contributed by atoms with Crippen molar-refractivity contribution in [3.8, 4) is 5.75 Å². The van der Waals surface area contributed by atoms with Gasteiger partial charge in [0.05, 0.1) is 28.3 Å². The molecule has 0 aliphatic heterocycles. The smallest absolute Gasteiger partial charge is 0.118 e. The number of rotatable bonds is 5. The quantitative estimate of drug-likeness (QED) is 0.912. The Balaban J connectivity index is 1.85. The first-order valence-corrected chi connectivity index (χ1v) is 8.14.